The van der Waals surface area contributed by atoms with Gasteiger partial charge in [-0.15, -0.1) is 0 Å². The monoisotopic (exact) mass is 306 g/mol. The standard InChI is InChI=1S/C14H15BrN2O/c1-9-3-4-13(12(15)5-9)18-14-6-10(2)17-8-11(14)7-16/h3-6,8H,7,16H2,1-2H3. The molecule has 0 fully saturated rings. The summed E-state index contributed by atoms with van der Waals surface area (Å²) in [7, 11) is 0. The minimum Gasteiger partial charge on any atom is -0.456 e. The highest BCUT2D eigenvalue weighted by atomic mass is 79.9. The summed E-state index contributed by atoms with van der Waals surface area (Å²) in [5.41, 5.74) is 8.67. The van der Waals surface area contributed by atoms with Gasteiger partial charge >= 0.3 is 0 Å². The number of nitrogens with zero attached hydrogens (tertiary/aromatic N) is 1. The molecule has 0 aliphatic carbocycles. The van der Waals surface area contributed by atoms with E-state index in [0.717, 1.165) is 27.2 Å². The number of halogens is 1. The fourth-order valence-electron chi connectivity index (χ4n) is 1.62. The molecule has 2 N–H and O–H groups in total. The van der Waals surface area contributed by atoms with Gasteiger partial charge in [-0.1, -0.05) is 6.07 Å². The average molecular weight is 307 g/mol. The second-order valence-electron chi connectivity index (χ2n) is 4.17. The molecule has 1 aromatic carbocycles. The van der Waals surface area contributed by atoms with Gasteiger partial charge in [0, 0.05) is 30.1 Å². The molecule has 3 nitrogen and oxygen atoms in total. The Kier molecular flexibility index (Phi) is 3.99. The molecule has 0 atom stereocenters. The van der Waals surface area contributed by atoms with Crippen LogP contribution in [0.5, 0.6) is 11.5 Å². The van der Waals surface area contributed by atoms with E-state index in [0.29, 0.717) is 6.54 Å². The summed E-state index contributed by atoms with van der Waals surface area (Å²) in [6, 6.07) is 7.87. The van der Waals surface area contributed by atoms with Crippen molar-refractivity contribution in [1.82, 2.24) is 4.98 Å². The molecule has 0 spiro atoms. The highest BCUT2D eigenvalue weighted by molar-refractivity contribution is 9.10. The summed E-state index contributed by atoms with van der Waals surface area (Å²) in [6.45, 7) is 4.37. The van der Waals surface area contributed by atoms with Crippen LogP contribution in [0.15, 0.2) is 34.9 Å². The number of hydrogen-bond acceptors (Lipinski definition) is 3. The molecule has 2 aromatic rings. The maximum absolute atomic E-state index is 5.90. The van der Waals surface area contributed by atoms with Crippen LogP contribution in [-0.2, 0) is 6.54 Å². The molecule has 2 rings (SSSR count). The molecule has 0 radical (unpaired) electrons. The van der Waals surface area contributed by atoms with Crippen molar-refractivity contribution >= 4 is 15.9 Å². The molecule has 18 heavy (non-hydrogen) atoms. The molecule has 94 valence electrons. The molecule has 0 saturated carbocycles. The van der Waals surface area contributed by atoms with Crippen LogP contribution in [0, 0.1) is 13.8 Å². The third kappa shape index (κ3) is 2.89. The first-order valence-corrected chi connectivity index (χ1v) is 6.49. The number of ether oxygens (including phenoxy) is 1. The zero-order valence-corrected chi connectivity index (χ0v) is 12.0. The summed E-state index contributed by atoms with van der Waals surface area (Å²) in [5.74, 6) is 1.54. The first-order valence-electron chi connectivity index (χ1n) is 5.69. The Hall–Kier alpha value is -1.39. The third-order valence-electron chi connectivity index (χ3n) is 2.61. The predicted octanol–water partition coefficient (Wildman–Crippen LogP) is 3.71. The molecular weight excluding hydrogens is 292 g/mol. The molecule has 0 saturated heterocycles. The lowest BCUT2D eigenvalue weighted by Crippen LogP contribution is -2.01. The summed E-state index contributed by atoms with van der Waals surface area (Å²) in [4.78, 5) is 4.22. The topological polar surface area (TPSA) is 48.1 Å². The number of hydrogen-bond donors (Lipinski definition) is 1. The molecule has 1 aromatic heterocycles. The predicted molar refractivity (Wildman–Crippen MR) is 75.8 cm³/mol. The SMILES string of the molecule is Cc1ccc(Oc2cc(C)ncc2CN)c(Br)c1. The second-order valence-corrected chi connectivity index (χ2v) is 5.03. The van der Waals surface area contributed by atoms with Gasteiger partial charge in [0.1, 0.15) is 11.5 Å². The Morgan fingerprint density at radius 1 is 1.22 bits per heavy atom. The largest absolute Gasteiger partial charge is 0.456 e. The van der Waals surface area contributed by atoms with Crippen molar-refractivity contribution in [2.45, 2.75) is 20.4 Å². The molecule has 0 unspecified atom stereocenters. The Balaban J connectivity index is 2.36. The third-order valence-corrected chi connectivity index (χ3v) is 3.23. The van der Waals surface area contributed by atoms with Gasteiger partial charge in [-0.3, -0.25) is 4.98 Å². The van der Waals surface area contributed by atoms with Gasteiger partial charge in [-0.2, -0.15) is 0 Å². The van der Waals surface area contributed by atoms with Gasteiger partial charge in [0.05, 0.1) is 4.47 Å². The Morgan fingerprint density at radius 2 is 2.00 bits per heavy atom. The van der Waals surface area contributed by atoms with E-state index in [2.05, 4.69) is 20.9 Å². The number of pyridine rings is 1. The number of aryl methyl sites for hydroxylation is 2. The fraction of sp³-hybridized carbons (Fsp3) is 0.214. The van der Waals surface area contributed by atoms with Crippen LogP contribution < -0.4 is 10.5 Å². The van der Waals surface area contributed by atoms with Crippen LogP contribution in [0.2, 0.25) is 0 Å². The lowest BCUT2D eigenvalue weighted by Gasteiger charge is -2.12. The quantitative estimate of drug-likeness (QED) is 0.940. The summed E-state index contributed by atoms with van der Waals surface area (Å²) in [5, 5.41) is 0. The van der Waals surface area contributed by atoms with Crippen molar-refractivity contribution in [2.75, 3.05) is 0 Å². The summed E-state index contributed by atoms with van der Waals surface area (Å²) >= 11 is 3.50. The van der Waals surface area contributed by atoms with Crippen molar-refractivity contribution in [3.8, 4) is 11.5 Å². The Morgan fingerprint density at radius 3 is 2.67 bits per heavy atom. The molecule has 0 amide bonds. The zero-order chi connectivity index (χ0) is 13.1. The van der Waals surface area contributed by atoms with Crippen LogP contribution in [0.25, 0.3) is 0 Å². The molecule has 4 heteroatoms. The van der Waals surface area contributed by atoms with E-state index < -0.39 is 0 Å². The summed E-state index contributed by atoms with van der Waals surface area (Å²) in [6.07, 6.45) is 1.76. The van der Waals surface area contributed by atoms with E-state index in [1.54, 1.807) is 6.20 Å². The van der Waals surface area contributed by atoms with Gasteiger partial charge in [0.2, 0.25) is 0 Å². The van der Waals surface area contributed by atoms with Crippen LogP contribution in [0.3, 0.4) is 0 Å². The minimum absolute atomic E-state index is 0.409. The van der Waals surface area contributed by atoms with Crippen LogP contribution in [0.4, 0.5) is 0 Å². The number of rotatable bonds is 3. The average Bonchev–Trinajstić information content (AvgIpc) is 2.33. The van der Waals surface area contributed by atoms with Crippen LogP contribution >= 0.6 is 15.9 Å². The maximum Gasteiger partial charge on any atom is 0.141 e. The van der Waals surface area contributed by atoms with Crippen molar-refractivity contribution in [2.24, 2.45) is 5.73 Å². The smallest absolute Gasteiger partial charge is 0.141 e. The van der Waals surface area contributed by atoms with E-state index in [1.807, 2.05) is 38.1 Å². The van der Waals surface area contributed by atoms with Gasteiger partial charge in [0.25, 0.3) is 0 Å². The second kappa shape index (κ2) is 5.50. The molecular formula is C14H15BrN2O. The minimum atomic E-state index is 0.409. The van der Waals surface area contributed by atoms with E-state index in [9.17, 15) is 0 Å². The van der Waals surface area contributed by atoms with Crippen molar-refractivity contribution < 1.29 is 4.74 Å². The van der Waals surface area contributed by atoms with E-state index >= 15 is 0 Å². The highest BCUT2D eigenvalue weighted by Crippen LogP contribution is 2.32. The Bertz CT molecular complexity index is 570. The van der Waals surface area contributed by atoms with Crippen LogP contribution in [-0.4, -0.2) is 4.98 Å². The van der Waals surface area contributed by atoms with Gasteiger partial charge in [-0.05, 0) is 47.5 Å². The van der Waals surface area contributed by atoms with Crippen molar-refractivity contribution in [3.05, 3.63) is 51.8 Å². The first-order chi connectivity index (χ1) is 8.60. The van der Waals surface area contributed by atoms with E-state index in [-0.39, 0.29) is 0 Å². The molecule has 0 aliphatic heterocycles. The van der Waals surface area contributed by atoms with Gasteiger partial charge < -0.3 is 10.5 Å². The zero-order valence-electron chi connectivity index (χ0n) is 10.4. The summed E-state index contributed by atoms with van der Waals surface area (Å²) < 4.78 is 6.83. The van der Waals surface area contributed by atoms with Crippen molar-refractivity contribution in [1.29, 1.82) is 0 Å². The fourth-order valence-corrected chi connectivity index (χ4v) is 2.19. The number of nitrogens with two attached hydrogens (primary N) is 1. The lowest BCUT2D eigenvalue weighted by atomic mass is 10.2. The van der Waals surface area contributed by atoms with E-state index in [4.69, 9.17) is 10.5 Å². The molecule has 0 aliphatic rings. The van der Waals surface area contributed by atoms with Gasteiger partial charge in [0.15, 0.2) is 0 Å². The highest BCUT2D eigenvalue weighted by Gasteiger charge is 2.07. The number of aromatic nitrogens is 1. The molecule has 0 bridgehead atoms. The first kappa shape index (κ1) is 13.1. The Labute approximate surface area is 115 Å². The van der Waals surface area contributed by atoms with Crippen molar-refractivity contribution in [3.63, 3.8) is 0 Å². The number of benzene rings is 1. The normalized spacial score (nSPS) is 10.4. The van der Waals surface area contributed by atoms with Crippen LogP contribution in [0.1, 0.15) is 16.8 Å². The molecule has 1 heterocycles. The maximum atomic E-state index is 5.90. The van der Waals surface area contributed by atoms with E-state index in [1.165, 1.54) is 5.56 Å². The lowest BCUT2D eigenvalue weighted by molar-refractivity contribution is 0.472. The van der Waals surface area contributed by atoms with Gasteiger partial charge in [-0.25, -0.2) is 0 Å².